The number of nitrogens with zero attached hydrogens (tertiary/aromatic N) is 4. The summed E-state index contributed by atoms with van der Waals surface area (Å²) in [7, 11) is 3.23. The van der Waals surface area contributed by atoms with Crippen molar-refractivity contribution in [1.29, 1.82) is 0 Å². The van der Waals surface area contributed by atoms with Crippen LogP contribution in [-0.2, 0) is 9.47 Å². The smallest absolute Gasteiger partial charge is 0.264 e. The van der Waals surface area contributed by atoms with Crippen molar-refractivity contribution in [3.8, 4) is 11.5 Å². The van der Waals surface area contributed by atoms with Gasteiger partial charge in [-0.25, -0.2) is 4.98 Å². The molecule has 30 heavy (non-hydrogen) atoms. The number of hydrogen-bond acceptors (Lipinski definition) is 9. The number of thioether (sulfide) groups is 1. The Hall–Kier alpha value is -2.14. The van der Waals surface area contributed by atoms with Gasteiger partial charge in [0.25, 0.3) is 5.91 Å². The number of rotatable bonds is 5. The van der Waals surface area contributed by atoms with Crippen LogP contribution in [0.5, 0.6) is 11.5 Å². The first-order chi connectivity index (χ1) is 14.6. The van der Waals surface area contributed by atoms with Gasteiger partial charge in [-0.3, -0.25) is 9.69 Å². The molecule has 1 spiro atoms. The minimum Gasteiger partial charge on any atom is -0.493 e. The monoisotopic (exact) mass is 432 g/mol. The van der Waals surface area contributed by atoms with E-state index in [9.17, 15) is 4.79 Å². The van der Waals surface area contributed by atoms with Crippen LogP contribution in [0.1, 0.15) is 29.2 Å². The van der Waals surface area contributed by atoms with Gasteiger partial charge in [-0.15, -0.1) is 0 Å². The lowest BCUT2D eigenvalue weighted by Gasteiger charge is -2.42. The predicted octanol–water partition coefficient (Wildman–Crippen LogP) is 1.99. The Morgan fingerprint density at radius 1 is 1.17 bits per heavy atom. The third-order valence-electron chi connectivity index (χ3n) is 6.00. The molecule has 1 aromatic carbocycles. The van der Waals surface area contributed by atoms with Gasteiger partial charge in [0.1, 0.15) is 11.6 Å². The summed E-state index contributed by atoms with van der Waals surface area (Å²) < 4.78 is 24.1. The van der Waals surface area contributed by atoms with Crippen molar-refractivity contribution in [3.63, 3.8) is 0 Å². The maximum atomic E-state index is 13.2. The molecule has 0 N–H and O–H groups in total. The Bertz CT molecular complexity index is 935. The van der Waals surface area contributed by atoms with E-state index in [1.165, 1.54) is 22.8 Å². The average molecular weight is 433 g/mol. The second-order valence-electron chi connectivity index (χ2n) is 7.53. The summed E-state index contributed by atoms with van der Waals surface area (Å²) in [5.41, 5.74) is 0.994. The molecule has 160 valence electrons. The molecule has 3 aliphatic heterocycles. The van der Waals surface area contributed by atoms with Gasteiger partial charge >= 0.3 is 0 Å². The van der Waals surface area contributed by atoms with Crippen LogP contribution in [0, 0.1) is 0 Å². The third-order valence-corrected chi connectivity index (χ3v) is 7.21. The molecule has 2 atom stereocenters. The van der Waals surface area contributed by atoms with Crippen molar-refractivity contribution >= 4 is 17.7 Å². The zero-order valence-electron chi connectivity index (χ0n) is 16.9. The number of ether oxygens (including phenoxy) is 4. The number of hydrogen-bond donors (Lipinski definition) is 0. The Kier molecular flexibility index (Phi) is 5.18. The van der Waals surface area contributed by atoms with Crippen molar-refractivity contribution in [2.75, 3.05) is 40.5 Å². The maximum Gasteiger partial charge on any atom is 0.264 e. The van der Waals surface area contributed by atoms with Crippen LogP contribution in [-0.4, -0.2) is 77.1 Å². The number of carbonyl (C=O) groups is 1. The first kappa shape index (κ1) is 19.8. The van der Waals surface area contributed by atoms with Crippen LogP contribution in [0.3, 0.4) is 0 Å². The highest BCUT2D eigenvalue weighted by Gasteiger charge is 2.46. The fourth-order valence-electron chi connectivity index (χ4n) is 4.49. The number of likely N-dealkylation sites (tertiary alicyclic amines) is 1. The molecule has 0 bridgehead atoms. The second kappa shape index (κ2) is 7.84. The van der Waals surface area contributed by atoms with Gasteiger partial charge in [0.05, 0.1) is 33.5 Å². The van der Waals surface area contributed by atoms with Gasteiger partial charge in [-0.2, -0.15) is 9.78 Å². The van der Waals surface area contributed by atoms with Crippen LogP contribution in [0.2, 0.25) is 0 Å². The number of fused-ring (bicyclic) bond motifs is 1. The van der Waals surface area contributed by atoms with E-state index in [2.05, 4.69) is 15.0 Å². The molecule has 1 aromatic heterocycles. The standard InChI is InChI=1S/C20H24N4O5S/c1-26-14-4-3-13(11-15(14)27-2)16(17-18(25)24-19(30-17)21-12-22-24)23-7-5-20(6-8-23)28-9-10-29-20/h3-4,11-12,16-17H,5-10H2,1-2H3. The van der Waals surface area contributed by atoms with Gasteiger partial charge in [0.2, 0.25) is 0 Å². The van der Waals surface area contributed by atoms with Crippen molar-refractivity contribution in [2.45, 2.75) is 35.1 Å². The number of piperidine rings is 1. The second-order valence-corrected chi connectivity index (χ2v) is 8.64. The highest BCUT2D eigenvalue weighted by molar-refractivity contribution is 8.00. The first-order valence-corrected chi connectivity index (χ1v) is 10.9. The summed E-state index contributed by atoms with van der Waals surface area (Å²) in [5.74, 6) is 0.772. The molecule has 2 fully saturated rings. The van der Waals surface area contributed by atoms with Crippen molar-refractivity contribution in [1.82, 2.24) is 19.7 Å². The molecule has 2 saturated heterocycles. The Morgan fingerprint density at radius 3 is 2.57 bits per heavy atom. The summed E-state index contributed by atoms with van der Waals surface area (Å²) in [6, 6.07) is 5.68. The molecule has 0 saturated carbocycles. The summed E-state index contributed by atoms with van der Waals surface area (Å²) in [4.78, 5) is 19.7. The van der Waals surface area contributed by atoms with E-state index in [-0.39, 0.29) is 17.2 Å². The van der Waals surface area contributed by atoms with Crippen LogP contribution >= 0.6 is 11.8 Å². The number of carbonyl (C=O) groups excluding carboxylic acids is 1. The van der Waals surface area contributed by atoms with E-state index in [0.29, 0.717) is 29.9 Å². The molecule has 4 heterocycles. The lowest BCUT2D eigenvalue weighted by atomic mass is 9.95. The molecule has 10 heteroatoms. The largest absolute Gasteiger partial charge is 0.493 e. The molecular weight excluding hydrogens is 408 g/mol. The lowest BCUT2D eigenvalue weighted by Crippen LogP contribution is -2.49. The molecule has 0 aliphatic carbocycles. The van der Waals surface area contributed by atoms with Gasteiger partial charge in [0.15, 0.2) is 22.4 Å². The fourth-order valence-corrected chi connectivity index (χ4v) is 5.72. The average Bonchev–Trinajstić information content (AvgIpc) is 3.49. The van der Waals surface area contributed by atoms with E-state index < -0.39 is 5.79 Å². The van der Waals surface area contributed by atoms with Crippen LogP contribution in [0.15, 0.2) is 29.7 Å². The fraction of sp³-hybridized carbons (Fsp3) is 0.550. The predicted molar refractivity (Wildman–Crippen MR) is 108 cm³/mol. The van der Waals surface area contributed by atoms with Gasteiger partial charge < -0.3 is 18.9 Å². The molecular formula is C20H24N4O5S. The van der Waals surface area contributed by atoms with E-state index in [1.54, 1.807) is 14.2 Å². The van der Waals surface area contributed by atoms with E-state index >= 15 is 0 Å². The topological polar surface area (TPSA) is 87.9 Å². The molecule has 0 radical (unpaired) electrons. The molecule has 2 unspecified atom stereocenters. The Morgan fingerprint density at radius 2 is 1.90 bits per heavy atom. The number of benzene rings is 1. The van der Waals surface area contributed by atoms with Crippen LogP contribution < -0.4 is 9.47 Å². The minimum absolute atomic E-state index is 0.0547. The van der Waals surface area contributed by atoms with Gasteiger partial charge in [-0.1, -0.05) is 17.8 Å². The van der Waals surface area contributed by atoms with E-state index in [4.69, 9.17) is 18.9 Å². The lowest BCUT2D eigenvalue weighted by molar-refractivity contribution is -0.187. The minimum atomic E-state index is -0.472. The van der Waals surface area contributed by atoms with Crippen LogP contribution in [0.25, 0.3) is 0 Å². The van der Waals surface area contributed by atoms with Crippen molar-refractivity contribution in [3.05, 3.63) is 30.1 Å². The van der Waals surface area contributed by atoms with Crippen molar-refractivity contribution < 1.29 is 23.7 Å². The first-order valence-electron chi connectivity index (χ1n) is 9.99. The molecule has 3 aliphatic rings. The third kappa shape index (κ3) is 3.27. The molecule has 0 amide bonds. The van der Waals surface area contributed by atoms with E-state index in [0.717, 1.165) is 31.5 Å². The maximum absolute atomic E-state index is 13.2. The zero-order valence-corrected chi connectivity index (χ0v) is 17.8. The Balaban J connectivity index is 1.47. The van der Waals surface area contributed by atoms with Crippen LogP contribution in [0.4, 0.5) is 0 Å². The zero-order chi connectivity index (χ0) is 20.7. The summed E-state index contributed by atoms with van der Waals surface area (Å²) in [6.45, 7) is 2.81. The summed E-state index contributed by atoms with van der Waals surface area (Å²) >= 11 is 1.46. The highest BCUT2D eigenvalue weighted by Crippen LogP contribution is 2.44. The number of methoxy groups -OCH3 is 2. The molecule has 9 nitrogen and oxygen atoms in total. The van der Waals surface area contributed by atoms with Gasteiger partial charge in [0, 0.05) is 25.9 Å². The normalized spacial score (nSPS) is 24.2. The highest BCUT2D eigenvalue weighted by atomic mass is 32.2. The molecule has 5 rings (SSSR count). The van der Waals surface area contributed by atoms with Crippen molar-refractivity contribution in [2.24, 2.45) is 0 Å². The summed E-state index contributed by atoms with van der Waals surface area (Å²) in [5, 5.41) is 4.38. The van der Waals surface area contributed by atoms with E-state index in [1.807, 2.05) is 18.2 Å². The number of aromatic nitrogens is 3. The Labute approximate surface area is 178 Å². The quantitative estimate of drug-likeness (QED) is 0.704. The SMILES string of the molecule is COc1ccc(C(C2Sc3ncnn3C2=O)N2CCC3(CC2)OCCO3)cc1OC. The summed E-state index contributed by atoms with van der Waals surface area (Å²) in [6.07, 6.45) is 2.96. The van der Waals surface area contributed by atoms with Gasteiger partial charge in [-0.05, 0) is 17.7 Å². The molecule has 2 aromatic rings.